The van der Waals surface area contributed by atoms with Crippen LogP contribution >= 0.6 is 11.8 Å². The molecule has 1 fully saturated rings. The molecule has 1 atom stereocenters. The van der Waals surface area contributed by atoms with Crippen molar-refractivity contribution < 1.29 is 9.59 Å². The van der Waals surface area contributed by atoms with Gasteiger partial charge in [0, 0.05) is 12.1 Å². The quantitative estimate of drug-likeness (QED) is 0.883. The SMILES string of the molecule is Cc1cccc(C)c1N=C1NC(=O)[C@H](CC(=O)Nc2ccccc2)S1. The van der Waals surface area contributed by atoms with Crippen molar-refractivity contribution in [1.82, 2.24) is 5.32 Å². The number of hydrogen-bond acceptors (Lipinski definition) is 4. The van der Waals surface area contributed by atoms with E-state index >= 15 is 0 Å². The number of benzene rings is 2. The molecule has 2 N–H and O–H groups in total. The molecule has 1 heterocycles. The van der Waals surface area contributed by atoms with E-state index in [1.807, 2.05) is 62.4 Å². The van der Waals surface area contributed by atoms with Crippen molar-refractivity contribution in [1.29, 1.82) is 0 Å². The predicted molar refractivity (Wildman–Crippen MR) is 102 cm³/mol. The molecule has 2 amide bonds. The largest absolute Gasteiger partial charge is 0.326 e. The number of rotatable bonds is 4. The van der Waals surface area contributed by atoms with Crippen LogP contribution in [0.4, 0.5) is 11.4 Å². The summed E-state index contributed by atoms with van der Waals surface area (Å²) in [5.41, 5.74) is 3.68. The molecule has 0 radical (unpaired) electrons. The Morgan fingerprint density at radius 3 is 2.48 bits per heavy atom. The van der Waals surface area contributed by atoms with E-state index < -0.39 is 5.25 Å². The monoisotopic (exact) mass is 353 g/mol. The van der Waals surface area contributed by atoms with E-state index in [2.05, 4.69) is 15.6 Å². The van der Waals surface area contributed by atoms with Crippen LogP contribution in [-0.2, 0) is 9.59 Å². The Morgan fingerprint density at radius 1 is 1.12 bits per heavy atom. The molecule has 0 saturated carbocycles. The third-order valence-electron chi connectivity index (χ3n) is 3.86. The van der Waals surface area contributed by atoms with Gasteiger partial charge in [-0.25, -0.2) is 4.99 Å². The van der Waals surface area contributed by atoms with Gasteiger partial charge in [-0.1, -0.05) is 48.2 Å². The van der Waals surface area contributed by atoms with Gasteiger partial charge in [-0.15, -0.1) is 0 Å². The molecule has 128 valence electrons. The number of nitrogens with zero attached hydrogens (tertiary/aromatic N) is 1. The highest BCUT2D eigenvalue weighted by atomic mass is 32.2. The van der Waals surface area contributed by atoms with Gasteiger partial charge in [0.25, 0.3) is 0 Å². The number of carbonyl (C=O) groups is 2. The highest BCUT2D eigenvalue weighted by Crippen LogP contribution is 2.29. The normalized spacial score (nSPS) is 18.2. The first-order chi connectivity index (χ1) is 12.0. The molecule has 0 unspecified atom stereocenters. The van der Waals surface area contributed by atoms with Crippen molar-refractivity contribution in [3.05, 3.63) is 59.7 Å². The van der Waals surface area contributed by atoms with Gasteiger partial charge in [-0.2, -0.15) is 0 Å². The average Bonchev–Trinajstić information content (AvgIpc) is 2.91. The fourth-order valence-corrected chi connectivity index (χ4v) is 3.55. The van der Waals surface area contributed by atoms with Crippen LogP contribution < -0.4 is 10.6 Å². The van der Waals surface area contributed by atoms with E-state index in [9.17, 15) is 9.59 Å². The lowest BCUT2D eigenvalue weighted by Crippen LogP contribution is -2.28. The molecule has 1 aliphatic rings. The summed E-state index contributed by atoms with van der Waals surface area (Å²) in [4.78, 5) is 28.8. The van der Waals surface area contributed by atoms with E-state index in [0.717, 1.165) is 22.5 Å². The number of carbonyl (C=O) groups excluding carboxylic acids is 2. The van der Waals surface area contributed by atoms with Gasteiger partial charge in [0.05, 0.1) is 5.69 Å². The van der Waals surface area contributed by atoms with Gasteiger partial charge >= 0.3 is 0 Å². The first-order valence-corrected chi connectivity index (χ1v) is 8.88. The molecule has 5 nitrogen and oxygen atoms in total. The van der Waals surface area contributed by atoms with Crippen molar-refractivity contribution in [2.75, 3.05) is 5.32 Å². The lowest BCUT2D eigenvalue weighted by Gasteiger charge is -2.07. The summed E-state index contributed by atoms with van der Waals surface area (Å²) in [5.74, 6) is -0.370. The van der Waals surface area contributed by atoms with Crippen LogP contribution in [0.25, 0.3) is 0 Å². The summed E-state index contributed by atoms with van der Waals surface area (Å²) in [7, 11) is 0. The van der Waals surface area contributed by atoms with Gasteiger partial charge in [0.15, 0.2) is 5.17 Å². The van der Waals surface area contributed by atoms with Crippen LogP contribution in [0.2, 0.25) is 0 Å². The minimum Gasteiger partial charge on any atom is -0.326 e. The number of thioether (sulfide) groups is 1. The molecule has 0 aromatic heterocycles. The standard InChI is InChI=1S/C19H19N3O2S/c1-12-7-6-8-13(2)17(12)21-19-22-18(24)15(25-19)11-16(23)20-14-9-4-3-5-10-14/h3-10,15H,11H2,1-2H3,(H,20,23)(H,21,22,24)/t15-/m0/s1. The minimum absolute atomic E-state index is 0.108. The van der Waals surface area contributed by atoms with Crippen molar-refractivity contribution in [2.24, 2.45) is 4.99 Å². The topological polar surface area (TPSA) is 70.6 Å². The fraction of sp³-hybridized carbons (Fsp3) is 0.211. The van der Waals surface area contributed by atoms with Crippen molar-refractivity contribution in [2.45, 2.75) is 25.5 Å². The predicted octanol–water partition coefficient (Wildman–Crippen LogP) is 3.55. The highest BCUT2D eigenvalue weighted by Gasteiger charge is 2.32. The molecule has 2 aromatic rings. The van der Waals surface area contributed by atoms with E-state index in [1.165, 1.54) is 11.8 Å². The molecule has 1 saturated heterocycles. The molecule has 2 aromatic carbocycles. The Balaban J connectivity index is 1.66. The maximum atomic E-state index is 12.1. The maximum Gasteiger partial charge on any atom is 0.240 e. The summed E-state index contributed by atoms with van der Waals surface area (Å²) in [6.45, 7) is 3.97. The van der Waals surface area contributed by atoms with E-state index in [0.29, 0.717) is 5.17 Å². The molecule has 25 heavy (non-hydrogen) atoms. The molecule has 1 aliphatic heterocycles. The Labute approximate surface area is 150 Å². The molecule has 6 heteroatoms. The molecule has 0 aliphatic carbocycles. The van der Waals surface area contributed by atoms with Crippen LogP contribution in [0, 0.1) is 13.8 Å². The zero-order valence-electron chi connectivity index (χ0n) is 14.1. The number of hydrogen-bond donors (Lipinski definition) is 2. The third kappa shape index (κ3) is 4.28. The second-order valence-corrected chi connectivity index (χ2v) is 7.06. The summed E-state index contributed by atoms with van der Waals surface area (Å²) in [6, 6.07) is 15.2. The number of nitrogens with one attached hydrogen (secondary N) is 2. The number of amides is 2. The summed E-state index contributed by atoms with van der Waals surface area (Å²) in [5, 5.41) is 5.65. The molecule has 0 spiro atoms. The van der Waals surface area contributed by atoms with Gasteiger partial charge in [0.2, 0.25) is 11.8 Å². The van der Waals surface area contributed by atoms with E-state index in [4.69, 9.17) is 0 Å². The van der Waals surface area contributed by atoms with Gasteiger partial charge in [0.1, 0.15) is 5.25 Å². The molecular weight excluding hydrogens is 334 g/mol. The summed E-state index contributed by atoms with van der Waals surface area (Å²) >= 11 is 1.30. The Bertz CT molecular complexity index is 814. The zero-order chi connectivity index (χ0) is 17.8. The van der Waals surface area contributed by atoms with Gasteiger partial charge in [-0.05, 0) is 37.1 Å². The van der Waals surface area contributed by atoms with Crippen molar-refractivity contribution in [3.63, 3.8) is 0 Å². The van der Waals surface area contributed by atoms with Crippen molar-refractivity contribution in [3.8, 4) is 0 Å². The van der Waals surface area contributed by atoms with Crippen LogP contribution in [0.15, 0.2) is 53.5 Å². The Morgan fingerprint density at radius 2 is 1.80 bits per heavy atom. The van der Waals surface area contributed by atoms with Crippen LogP contribution in [0.3, 0.4) is 0 Å². The second kappa shape index (κ2) is 7.53. The molecule has 0 bridgehead atoms. The van der Waals surface area contributed by atoms with Crippen LogP contribution in [-0.4, -0.2) is 22.2 Å². The van der Waals surface area contributed by atoms with Crippen LogP contribution in [0.5, 0.6) is 0 Å². The lowest BCUT2D eigenvalue weighted by molar-refractivity contribution is -0.122. The average molecular weight is 353 g/mol. The summed E-state index contributed by atoms with van der Waals surface area (Å²) in [6.07, 6.45) is 0.108. The fourth-order valence-electron chi connectivity index (χ4n) is 2.58. The highest BCUT2D eigenvalue weighted by molar-refractivity contribution is 8.15. The smallest absolute Gasteiger partial charge is 0.240 e. The van der Waals surface area contributed by atoms with Gasteiger partial charge in [-0.3, -0.25) is 9.59 Å². The minimum atomic E-state index is -0.466. The van der Waals surface area contributed by atoms with Crippen molar-refractivity contribution >= 4 is 40.1 Å². The summed E-state index contributed by atoms with van der Waals surface area (Å²) < 4.78 is 0. The van der Waals surface area contributed by atoms with E-state index in [1.54, 1.807) is 0 Å². The maximum absolute atomic E-state index is 12.1. The lowest BCUT2D eigenvalue weighted by atomic mass is 10.1. The first kappa shape index (κ1) is 17.2. The Kier molecular flexibility index (Phi) is 5.19. The number of amidine groups is 1. The van der Waals surface area contributed by atoms with E-state index in [-0.39, 0.29) is 18.2 Å². The Hall–Kier alpha value is -2.60. The third-order valence-corrected chi connectivity index (χ3v) is 4.94. The molecular formula is C19H19N3O2S. The molecule has 3 rings (SSSR count). The number of aryl methyl sites for hydroxylation is 2. The first-order valence-electron chi connectivity index (χ1n) is 8.00. The number of aliphatic imine (C=N–C) groups is 1. The number of para-hydroxylation sites is 2. The number of anilines is 1. The van der Waals surface area contributed by atoms with Gasteiger partial charge < -0.3 is 10.6 Å². The zero-order valence-corrected chi connectivity index (χ0v) is 14.9. The second-order valence-electron chi connectivity index (χ2n) is 5.87. The van der Waals surface area contributed by atoms with Crippen LogP contribution in [0.1, 0.15) is 17.5 Å².